The first-order valence-electron chi connectivity index (χ1n) is 4.84. The van der Waals surface area contributed by atoms with Gasteiger partial charge in [-0.2, -0.15) is 0 Å². The van der Waals surface area contributed by atoms with E-state index in [1.54, 1.807) is 25.3 Å². The van der Waals surface area contributed by atoms with Crippen molar-refractivity contribution >= 4 is 27.8 Å². The molecule has 0 unspecified atom stereocenters. The Hall–Kier alpha value is -1.56. The zero-order valence-corrected chi connectivity index (χ0v) is 10.8. The van der Waals surface area contributed by atoms with Gasteiger partial charge in [0.1, 0.15) is 12.3 Å². The fraction of sp³-hybridized carbons (Fsp3) is 0.273. The van der Waals surface area contributed by atoms with Gasteiger partial charge < -0.3 is 15.2 Å². The van der Waals surface area contributed by atoms with Crippen molar-refractivity contribution < 1.29 is 19.4 Å². The van der Waals surface area contributed by atoms with Crippen molar-refractivity contribution in [3.63, 3.8) is 0 Å². The molecule has 0 saturated heterocycles. The van der Waals surface area contributed by atoms with E-state index in [9.17, 15) is 9.59 Å². The van der Waals surface area contributed by atoms with E-state index in [1.807, 2.05) is 0 Å². The molecule has 17 heavy (non-hydrogen) atoms. The summed E-state index contributed by atoms with van der Waals surface area (Å²) in [5, 5.41) is 10.7. The number of aliphatic carboxylic acids is 1. The highest BCUT2D eigenvalue weighted by Gasteiger charge is 2.07. The van der Waals surface area contributed by atoms with Gasteiger partial charge in [0.25, 0.3) is 0 Å². The number of ether oxygens (including phenoxy) is 1. The average molecular weight is 302 g/mol. The molecule has 1 aromatic carbocycles. The maximum Gasteiger partial charge on any atom is 0.322 e. The third-order valence-electron chi connectivity index (χ3n) is 2.02. The minimum Gasteiger partial charge on any atom is -0.496 e. The van der Waals surface area contributed by atoms with Gasteiger partial charge in [0.15, 0.2) is 0 Å². The summed E-state index contributed by atoms with van der Waals surface area (Å²) in [6.45, 7) is -0.365. The van der Waals surface area contributed by atoms with Gasteiger partial charge in [0.2, 0.25) is 5.91 Å². The molecule has 0 bridgehead atoms. The van der Waals surface area contributed by atoms with Crippen LogP contribution >= 0.6 is 15.9 Å². The first-order chi connectivity index (χ1) is 8.02. The predicted octanol–water partition coefficient (Wildman–Crippen LogP) is 1.20. The molecule has 6 heteroatoms. The molecule has 0 aromatic heterocycles. The van der Waals surface area contributed by atoms with Crippen molar-refractivity contribution in [3.05, 3.63) is 28.2 Å². The van der Waals surface area contributed by atoms with Gasteiger partial charge in [-0.25, -0.2) is 0 Å². The van der Waals surface area contributed by atoms with Gasteiger partial charge >= 0.3 is 5.97 Å². The number of hydrogen-bond donors (Lipinski definition) is 2. The Bertz CT molecular complexity index is 433. The number of hydrogen-bond acceptors (Lipinski definition) is 3. The second-order valence-electron chi connectivity index (χ2n) is 3.32. The fourth-order valence-corrected chi connectivity index (χ4v) is 1.83. The summed E-state index contributed by atoms with van der Waals surface area (Å²) < 4.78 is 5.81. The number of carboxylic acids is 1. The Balaban J connectivity index is 2.60. The number of nitrogens with one attached hydrogen (secondary N) is 1. The van der Waals surface area contributed by atoms with Gasteiger partial charge in [-0.05, 0) is 33.6 Å². The lowest BCUT2D eigenvalue weighted by molar-refractivity contribution is -0.137. The molecular weight excluding hydrogens is 290 g/mol. The van der Waals surface area contributed by atoms with Crippen LogP contribution in [-0.4, -0.2) is 30.6 Å². The second kappa shape index (κ2) is 6.24. The molecule has 0 aliphatic heterocycles. The molecule has 5 nitrogen and oxygen atoms in total. The molecule has 1 rings (SSSR count). The molecule has 1 amide bonds. The van der Waals surface area contributed by atoms with E-state index in [-0.39, 0.29) is 18.9 Å². The summed E-state index contributed by atoms with van der Waals surface area (Å²) in [6, 6.07) is 5.26. The minimum atomic E-state index is -1.06. The third kappa shape index (κ3) is 4.44. The highest BCUT2D eigenvalue weighted by atomic mass is 79.9. The van der Waals surface area contributed by atoms with Gasteiger partial charge in [-0.3, -0.25) is 9.59 Å². The quantitative estimate of drug-likeness (QED) is 0.857. The number of carbonyl (C=O) groups excluding carboxylic acids is 1. The second-order valence-corrected chi connectivity index (χ2v) is 4.17. The van der Waals surface area contributed by atoms with E-state index >= 15 is 0 Å². The van der Waals surface area contributed by atoms with Crippen molar-refractivity contribution in [3.8, 4) is 5.75 Å². The average Bonchev–Trinajstić information content (AvgIpc) is 2.26. The van der Waals surface area contributed by atoms with E-state index < -0.39 is 5.97 Å². The van der Waals surface area contributed by atoms with Crippen LogP contribution in [0.1, 0.15) is 5.56 Å². The summed E-state index contributed by atoms with van der Waals surface area (Å²) >= 11 is 3.31. The van der Waals surface area contributed by atoms with Gasteiger partial charge in [-0.1, -0.05) is 6.07 Å². The largest absolute Gasteiger partial charge is 0.496 e. The number of carbonyl (C=O) groups is 2. The maximum absolute atomic E-state index is 11.4. The smallest absolute Gasteiger partial charge is 0.322 e. The molecule has 92 valence electrons. The van der Waals surface area contributed by atoms with E-state index in [1.165, 1.54) is 0 Å². The molecule has 0 atom stereocenters. The highest BCUT2D eigenvalue weighted by Crippen LogP contribution is 2.25. The maximum atomic E-state index is 11.4. The highest BCUT2D eigenvalue weighted by molar-refractivity contribution is 9.10. The summed E-state index contributed by atoms with van der Waals surface area (Å²) in [4.78, 5) is 21.6. The minimum absolute atomic E-state index is 0.135. The van der Waals surface area contributed by atoms with Crippen LogP contribution in [0.15, 0.2) is 22.7 Å². The molecule has 1 aromatic rings. The topological polar surface area (TPSA) is 75.6 Å². The van der Waals surface area contributed by atoms with Crippen LogP contribution in [0.3, 0.4) is 0 Å². The molecule has 0 saturated carbocycles. The summed E-state index contributed by atoms with van der Waals surface area (Å²) in [5.41, 5.74) is 0.778. The zero-order valence-electron chi connectivity index (χ0n) is 9.20. The predicted molar refractivity (Wildman–Crippen MR) is 65.0 cm³/mol. The number of amides is 1. The molecule has 0 aliphatic rings. The van der Waals surface area contributed by atoms with Crippen molar-refractivity contribution in [2.75, 3.05) is 13.7 Å². The standard InChI is InChI=1S/C11H12BrNO4/c1-17-9-3-2-7(4-8(9)12)5-10(14)13-6-11(15)16/h2-4H,5-6H2,1H3,(H,13,14)(H,15,16). The summed E-state index contributed by atoms with van der Waals surface area (Å²) in [5.74, 6) is -0.710. The number of methoxy groups -OCH3 is 1. The summed E-state index contributed by atoms with van der Waals surface area (Å²) in [6.07, 6.45) is 0.135. The number of carboxylic acid groups (broad SMARTS) is 1. The van der Waals surface area contributed by atoms with E-state index in [4.69, 9.17) is 9.84 Å². The molecule has 0 radical (unpaired) electrons. The Morgan fingerprint density at radius 3 is 2.71 bits per heavy atom. The van der Waals surface area contributed by atoms with Crippen LogP contribution in [0.2, 0.25) is 0 Å². The Kier molecular flexibility index (Phi) is 4.96. The van der Waals surface area contributed by atoms with Crippen LogP contribution in [0, 0.1) is 0 Å². The van der Waals surface area contributed by atoms with Gasteiger partial charge in [-0.15, -0.1) is 0 Å². The van der Waals surface area contributed by atoms with Gasteiger partial charge in [0.05, 0.1) is 18.0 Å². The van der Waals surface area contributed by atoms with Crippen molar-refractivity contribution in [1.82, 2.24) is 5.32 Å². The van der Waals surface area contributed by atoms with E-state index in [0.29, 0.717) is 5.75 Å². The van der Waals surface area contributed by atoms with E-state index in [2.05, 4.69) is 21.2 Å². The molecule has 0 heterocycles. The zero-order chi connectivity index (χ0) is 12.8. The molecular formula is C11H12BrNO4. The normalized spacial score (nSPS) is 9.76. The number of halogens is 1. The Morgan fingerprint density at radius 2 is 2.18 bits per heavy atom. The van der Waals surface area contributed by atoms with E-state index in [0.717, 1.165) is 10.0 Å². The molecule has 0 spiro atoms. The third-order valence-corrected chi connectivity index (χ3v) is 2.64. The first kappa shape index (κ1) is 13.5. The van der Waals surface area contributed by atoms with Crippen LogP contribution in [0.4, 0.5) is 0 Å². The number of benzene rings is 1. The first-order valence-corrected chi connectivity index (χ1v) is 5.63. The van der Waals surface area contributed by atoms with Crippen molar-refractivity contribution in [2.24, 2.45) is 0 Å². The molecule has 2 N–H and O–H groups in total. The Labute approximate surface area is 107 Å². The lowest BCUT2D eigenvalue weighted by Gasteiger charge is -2.06. The summed E-state index contributed by atoms with van der Waals surface area (Å²) in [7, 11) is 1.55. The molecule has 0 aliphatic carbocycles. The fourth-order valence-electron chi connectivity index (χ4n) is 1.24. The molecule has 0 fully saturated rings. The van der Waals surface area contributed by atoms with Crippen molar-refractivity contribution in [2.45, 2.75) is 6.42 Å². The van der Waals surface area contributed by atoms with Crippen LogP contribution in [0.25, 0.3) is 0 Å². The monoisotopic (exact) mass is 301 g/mol. The van der Waals surface area contributed by atoms with Crippen molar-refractivity contribution in [1.29, 1.82) is 0 Å². The number of rotatable bonds is 5. The lowest BCUT2D eigenvalue weighted by atomic mass is 10.1. The Morgan fingerprint density at radius 1 is 1.47 bits per heavy atom. The SMILES string of the molecule is COc1ccc(CC(=O)NCC(=O)O)cc1Br. The van der Waals surface area contributed by atoms with Gasteiger partial charge in [0, 0.05) is 0 Å². The van der Waals surface area contributed by atoms with Crippen LogP contribution < -0.4 is 10.1 Å². The lowest BCUT2D eigenvalue weighted by Crippen LogP contribution is -2.30. The van der Waals surface area contributed by atoms with Crippen LogP contribution in [0.5, 0.6) is 5.75 Å². The van der Waals surface area contributed by atoms with Crippen LogP contribution in [-0.2, 0) is 16.0 Å².